The lowest BCUT2D eigenvalue weighted by atomic mass is 9.66. The van der Waals surface area contributed by atoms with Crippen molar-refractivity contribution >= 4 is 17.6 Å². The van der Waals surface area contributed by atoms with Gasteiger partial charge in [0.1, 0.15) is 0 Å². The predicted molar refractivity (Wildman–Crippen MR) is 78.2 cm³/mol. The van der Waals surface area contributed by atoms with Gasteiger partial charge in [-0.1, -0.05) is 24.6 Å². The number of carbonyl (C=O) groups is 2. The third-order valence-electron chi connectivity index (χ3n) is 5.71. The van der Waals surface area contributed by atoms with Crippen LogP contribution in [0.3, 0.4) is 0 Å². The monoisotopic (exact) mass is 285 g/mol. The van der Waals surface area contributed by atoms with Crippen LogP contribution in [-0.2, 0) is 15.0 Å². The molecule has 1 N–H and O–H groups in total. The van der Waals surface area contributed by atoms with E-state index in [-0.39, 0.29) is 17.2 Å². The number of nitrogens with zero attached hydrogens (tertiary/aromatic N) is 1. The molecule has 2 atom stereocenters. The summed E-state index contributed by atoms with van der Waals surface area (Å²) in [6.07, 6.45) is 4.84. The number of hydrogen-bond donors (Lipinski definition) is 1. The highest BCUT2D eigenvalue weighted by atomic mass is 16.4. The summed E-state index contributed by atoms with van der Waals surface area (Å²) in [6.45, 7) is 0.744. The molecule has 2 saturated carbocycles. The fourth-order valence-corrected chi connectivity index (χ4v) is 4.15. The molecule has 0 radical (unpaired) electrons. The second-order valence-corrected chi connectivity index (χ2v) is 6.70. The summed E-state index contributed by atoms with van der Waals surface area (Å²) in [5.74, 6) is -1.62. The number of hydrogen-bond acceptors (Lipinski definition) is 2. The molecule has 110 valence electrons. The molecule has 4 rings (SSSR count). The normalized spacial score (nSPS) is 28.7. The van der Waals surface area contributed by atoms with E-state index in [0.29, 0.717) is 12.8 Å². The fourth-order valence-electron chi connectivity index (χ4n) is 4.15. The van der Waals surface area contributed by atoms with Gasteiger partial charge >= 0.3 is 5.97 Å². The third-order valence-corrected chi connectivity index (χ3v) is 5.71. The smallest absolute Gasteiger partial charge is 0.307 e. The number of fused-ring (bicyclic) bond motifs is 2. The SMILES string of the molecule is O=C(O)C1CCC1C(=O)N1CC2(CCC2)c2ccccc21. The van der Waals surface area contributed by atoms with Gasteiger partial charge in [-0.05, 0) is 37.3 Å². The number of carboxylic acids is 1. The zero-order chi connectivity index (χ0) is 14.6. The molecule has 4 nitrogen and oxygen atoms in total. The van der Waals surface area contributed by atoms with Gasteiger partial charge in [0.25, 0.3) is 0 Å². The van der Waals surface area contributed by atoms with Crippen LogP contribution in [0, 0.1) is 11.8 Å². The third kappa shape index (κ3) is 1.68. The highest BCUT2D eigenvalue weighted by molar-refractivity contribution is 6.00. The van der Waals surface area contributed by atoms with Gasteiger partial charge < -0.3 is 10.0 Å². The summed E-state index contributed by atoms with van der Waals surface area (Å²) >= 11 is 0. The molecule has 2 unspecified atom stereocenters. The van der Waals surface area contributed by atoms with Crippen molar-refractivity contribution in [1.29, 1.82) is 0 Å². The molecule has 2 aliphatic carbocycles. The number of carboxylic acid groups (broad SMARTS) is 1. The predicted octanol–water partition coefficient (Wildman–Crippen LogP) is 2.57. The van der Waals surface area contributed by atoms with Crippen molar-refractivity contribution in [3.63, 3.8) is 0 Å². The largest absolute Gasteiger partial charge is 0.481 e. The Hall–Kier alpha value is -1.84. The van der Waals surface area contributed by atoms with Crippen LogP contribution in [0.1, 0.15) is 37.7 Å². The van der Waals surface area contributed by atoms with E-state index in [0.717, 1.165) is 25.1 Å². The number of para-hydroxylation sites is 1. The minimum Gasteiger partial charge on any atom is -0.481 e. The Labute approximate surface area is 123 Å². The van der Waals surface area contributed by atoms with Crippen LogP contribution in [0.25, 0.3) is 0 Å². The molecule has 3 aliphatic rings. The molecule has 0 aromatic heterocycles. The number of amides is 1. The molecule has 1 spiro atoms. The Morgan fingerprint density at radius 2 is 1.86 bits per heavy atom. The number of anilines is 1. The van der Waals surface area contributed by atoms with Crippen molar-refractivity contribution in [3.05, 3.63) is 29.8 Å². The summed E-state index contributed by atoms with van der Waals surface area (Å²) in [4.78, 5) is 25.8. The van der Waals surface area contributed by atoms with E-state index in [4.69, 9.17) is 0 Å². The van der Waals surface area contributed by atoms with E-state index in [2.05, 4.69) is 6.07 Å². The summed E-state index contributed by atoms with van der Waals surface area (Å²) in [5, 5.41) is 9.18. The fraction of sp³-hybridized carbons (Fsp3) is 0.529. The van der Waals surface area contributed by atoms with Gasteiger partial charge in [-0.25, -0.2) is 0 Å². The van der Waals surface area contributed by atoms with Crippen molar-refractivity contribution < 1.29 is 14.7 Å². The summed E-state index contributed by atoms with van der Waals surface area (Å²) in [6, 6.07) is 8.15. The molecule has 1 amide bonds. The second kappa shape index (κ2) is 4.33. The van der Waals surface area contributed by atoms with Gasteiger partial charge in [0.05, 0.1) is 11.8 Å². The molecule has 1 aromatic carbocycles. The van der Waals surface area contributed by atoms with Gasteiger partial charge in [0, 0.05) is 17.6 Å². The number of aliphatic carboxylic acids is 1. The molecule has 1 aliphatic heterocycles. The second-order valence-electron chi connectivity index (χ2n) is 6.70. The zero-order valence-corrected chi connectivity index (χ0v) is 11.9. The summed E-state index contributed by atoms with van der Waals surface area (Å²) in [7, 11) is 0. The van der Waals surface area contributed by atoms with Crippen LogP contribution in [-0.4, -0.2) is 23.5 Å². The van der Waals surface area contributed by atoms with Crippen LogP contribution >= 0.6 is 0 Å². The molecule has 4 heteroatoms. The van der Waals surface area contributed by atoms with Crippen LogP contribution in [0.15, 0.2) is 24.3 Å². The highest BCUT2D eigenvalue weighted by Crippen LogP contribution is 2.53. The maximum absolute atomic E-state index is 12.8. The van der Waals surface area contributed by atoms with Crippen LogP contribution < -0.4 is 4.90 Å². The van der Waals surface area contributed by atoms with Crippen molar-refractivity contribution in [1.82, 2.24) is 0 Å². The van der Waals surface area contributed by atoms with Gasteiger partial charge in [-0.15, -0.1) is 0 Å². The average Bonchev–Trinajstić information content (AvgIpc) is 2.72. The Bertz CT molecular complexity index is 620. The van der Waals surface area contributed by atoms with Gasteiger partial charge in [-0.3, -0.25) is 9.59 Å². The number of rotatable bonds is 2. The van der Waals surface area contributed by atoms with E-state index in [9.17, 15) is 14.7 Å². The topological polar surface area (TPSA) is 57.6 Å². The van der Waals surface area contributed by atoms with Gasteiger partial charge in [0.2, 0.25) is 5.91 Å². The lowest BCUT2D eigenvalue weighted by Gasteiger charge is -2.40. The molecule has 0 saturated heterocycles. The quantitative estimate of drug-likeness (QED) is 0.908. The van der Waals surface area contributed by atoms with Crippen molar-refractivity contribution in [2.75, 3.05) is 11.4 Å². The maximum Gasteiger partial charge on any atom is 0.307 e. The lowest BCUT2D eigenvalue weighted by Crippen LogP contribution is -2.48. The zero-order valence-electron chi connectivity index (χ0n) is 11.9. The molecule has 1 aromatic rings. The standard InChI is InChI=1S/C17H19NO3/c19-15(11-6-7-12(11)16(20)21)18-10-17(8-3-9-17)13-4-1-2-5-14(13)18/h1-2,4-5,11-12H,3,6-10H2,(H,20,21). The minimum atomic E-state index is -0.828. The molecule has 0 bridgehead atoms. The molecule has 1 heterocycles. The average molecular weight is 285 g/mol. The number of benzene rings is 1. The Balaban J connectivity index is 1.65. The van der Waals surface area contributed by atoms with Crippen molar-refractivity contribution in [2.24, 2.45) is 11.8 Å². The van der Waals surface area contributed by atoms with Crippen LogP contribution in [0.5, 0.6) is 0 Å². The first-order valence-electron chi connectivity index (χ1n) is 7.76. The Kier molecular flexibility index (Phi) is 2.65. The van der Waals surface area contributed by atoms with Crippen molar-refractivity contribution in [2.45, 2.75) is 37.5 Å². The molecular formula is C17H19NO3. The van der Waals surface area contributed by atoms with E-state index >= 15 is 0 Å². The van der Waals surface area contributed by atoms with Gasteiger partial charge in [-0.2, -0.15) is 0 Å². The number of carbonyl (C=O) groups excluding carboxylic acids is 1. The first-order chi connectivity index (χ1) is 10.1. The Morgan fingerprint density at radius 3 is 2.43 bits per heavy atom. The van der Waals surface area contributed by atoms with E-state index in [1.165, 1.54) is 12.0 Å². The molecule has 2 fully saturated rings. The van der Waals surface area contributed by atoms with Gasteiger partial charge in [0.15, 0.2) is 0 Å². The van der Waals surface area contributed by atoms with Crippen LogP contribution in [0.2, 0.25) is 0 Å². The first-order valence-corrected chi connectivity index (χ1v) is 7.76. The highest BCUT2D eigenvalue weighted by Gasteiger charge is 2.51. The summed E-state index contributed by atoms with van der Waals surface area (Å²) < 4.78 is 0. The first kappa shape index (κ1) is 12.9. The molecule has 21 heavy (non-hydrogen) atoms. The Morgan fingerprint density at radius 1 is 1.14 bits per heavy atom. The van der Waals surface area contributed by atoms with E-state index in [1.54, 1.807) is 0 Å². The van der Waals surface area contributed by atoms with E-state index < -0.39 is 11.9 Å². The molecular weight excluding hydrogens is 266 g/mol. The minimum absolute atomic E-state index is 0.0184. The van der Waals surface area contributed by atoms with Crippen LogP contribution in [0.4, 0.5) is 5.69 Å². The maximum atomic E-state index is 12.8. The lowest BCUT2D eigenvalue weighted by molar-refractivity contribution is -0.152. The van der Waals surface area contributed by atoms with Crippen molar-refractivity contribution in [3.8, 4) is 0 Å². The van der Waals surface area contributed by atoms with E-state index in [1.807, 2.05) is 23.1 Å². The summed E-state index contributed by atoms with van der Waals surface area (Å²) in [5.41, 5.74) is 2.45.